The number of hydrogen-bond acceptors (Lipinski definition) is 5. The first kappa shape index (κ1) is 17.7. The van der Waals surface area contributed by atoms with Crippen LogP contribution in [0, 0.1) is 5.82 Å². The SMILES string of the molecule is CN(CC(=O)Nc1ccc(F)cc1)CC(=O)Nc1ccc2c(c1)OCO2. The molecule has 1 aliphatic heterocycles. The Morgan fingerprint density at radius 3 is 2.23 bits per heavy atom. The van der Waals surface area contributed by atoms with E-state index in [1.807, 2.05) is 0 Å². The Labute approximate surface area is 149 Å². The first-order chi connectivity index (χ1) is 12.5. The van der Waals surface area contributed by atoms with Crippen molar-refractivity contribution in [2.45, 2.75) is 0 Å². The number of hydrogen-bond donors (Lipinski definition) is 2. The molecule has 0 aromatic heterocycles. The van der Waals surface area contributed by atoms with Crippen LogP contribution in [0.1, 0.15) is 0 Å². The fraction of sp³-hybridized carbons (Fsp3) is 0.222. The zero-order chi connectivity index (χ0) is 18.5. The van der Waals surface area contributed by atoms with E-state index in [1.54, 1.807) is 30.1 Å². The average molecular weight is 359 g/mol. The van der Waals surface area contributed by atoms with E-state index in [0.717, 1.165) is 0 Å². The first-order valence-corrected chi connectivity index (χ1v) is 7.93. The minimum absolute atomic E-state index is 0.0198. The van der Waals surface area contributed by atoms with E-state index in [1.165, 1.54) is 24.3 Å². The summed E-state index contributed by atoms with van der Waals surface area (Å²) >= 11 is 0. The fourth-order valence-electron chi connectivity index (χ4n) is 2.45. The summed E-state index contributed by atoms with van der Waals surface area (Å²) in [7, 11) is 1.66. The van der Waals surface area contributed by atoms with Gasteiger partial charge < -0.3 is 20.1 Å². The highest BCUT2D eigenvalue weighted by atomic mass is 19.1. The number of likely N-dealkylation sites (N-methyl/N-ethyl adjacent to an activating group) is 1. The molecule has 0 bridgehead atoms. The van der Waals surface area contributed by atoms with Crippen LogP contribution in [0.3, 0.4) is 0 Å². The quantitative estimate of drug-likeness (QED) is 0.825. The van der Waals surface area contributed by atoms with Crippen LogP contribution in [0.5, 0.6) is 11.5 Å². The Morgan fingerprint density at radius 1 is 0.962 bits per heavy atom. The topological polar surface area (TPSA) is 79.9 Å². The lowest BCUT2D eigenvalue weighted by Crippen LogP contribution is -2.36. The zero-order valence-corrected chi connectivity index (χ0v) is 14.1. The molecule has 2 aromatic rings. The van der Waals surface area contributed by atoms with Gasteiger partial charge in [-0.2, -0.15) is 0 Å². The van der Waals surface area contributed by atoms with Crippen LogP contribution in [0.2, 0.25) is 0 Å². The van der Waals surface area contributed by atoms with Gasteiger partial charge in [-0.1, -0.05) is 0 Å². The molecule has 26 heavy (non-hydrogen) atoms. The standard InChI is InChI=1S/C18H18FN3O4/c1-22(9-17(23)20-13-4-2-12(19)3-5-13)10-18(24)21-14-6-7-15-16(8-14)26-11-25-15/h2-8H,9-11H2,1H3,(H,20,23)(H,21,24). The van der Waals surface area contributed by atoms with Crippen molar-refractivity contribution in [3.05, 3.63) is 48.3 Å². The Morgan fingerprint density at radius 2 is 1.54 bits per heavy atom. The lowest BCUT2D eigenvalue weighted by Gasteiger charge is -2.16. The van der Waals surface area contributed by atoms with Gasteiger partial charge in [0.05, 0.1) is 13.1 Å². The third-order valence-corrected chi connectivity index (χ3v) is 3.61. The molecule has 1 aliphatic rings. The third kappa shape index (κ3) is 4.70. The lowest BCUT2D eigenvalue weighted by atomic mass is 10.2. The highest BCUT2D eigenvalue weighted by molar-refractivity contribution is 5.94. The number of benzene rings is 2. The average Bonchev–Trinajstić information content (AvgIpc) is 3.04. The molecule has 0 fully saturated rings. The van der Waals surface area contributed by atoms with E-state index in [9.17, 15) is 14.0 Å². The van der Waals surface area contributed by atoms with Crippen molar-refractivity contribution in [3.63, 3.8) is 0 Å². The molecule has 0 spiro atoms. The van der Waals surface area contributed by atoms with E-state index in [0.29, 0.717) is 22.9 Å². The number of carbonyl (C=O) groups excluding carboxylic acids is 2. The van der Waals surface area contributed by atoms with E-state index in [2.05, 4.69) is 10.6 Å². The second kappa shape index (κ2) is 7.83. The smallest absolute Gasteiger partial charge is 0.238 e. The third-order valence-electron chi connectivity index (χ3n) is 3.61. The van der Waals surface area contributed by atoms with E-state index in [4.69, 9.17) is 9.47 Å². The number of ether oxygens (including phenoxy) is 2. The Balaban J connectivity index is 1.46. The zero-order valence-electron chi connectivity index (χ0n) is 14.1. The van der Waals surface area contributed by atoms with E-state index >= 15 is 0 Å². The van der Waals surface area contributed by atoms with Gasteiger partial charge in [-0.25, -0.2) is 4.39 Å². The van der Waals surface area contributed by atoms with Crippen LogP contribution in [0.15, 0.2) is 42.5 Å². The number of amides is 2. The molecule has 1 heterocycles. The molecule has 2 aromatic carbocycles. The molecule has 0 saturated carbocycles. The van der Waals surface area contributed by atoms with Crippen molar-refractivity contribution in [2.24, 2.45) is 0 Å². The number of halogens is 1. The summed E-state index contributed by atoms with van der Waals surface area (Å²) in [6, 6.07) is 10.6. The van der Waals surface area contributed by atoms with Gasteiger partial charge in [-0.15, -0.1) is 0 Å². The molecular formula is C18H18FN3O4. The molecule has 0 atom stereocenters. The number of nitrogens with one attached hydrogen (secondary N) is 2. The normalized spacial score (nSPS) is 12.1. The summed E-state index contributed by atoms with van der Waals surface area (Å²) in [4.78, 5) is 25.6. The molecule has 7 nitrogen and oxygen atoms in total. The van der Waals surface area contributed by atoms with Crippen LogP contribution in [0.4, 0.5) is 15.8 Å². The van der Waals surface area contributed by atoms with Crippen molar-refractivity contribution in [2.75, 3.05) is 37.6 Å². The number of nitrogens with zero attached hydrogens (tertiary/aromatic N) is 1. The van der Waals surface area contributed by atoms with Crippen molar-refractivity contribution < 1.29 is 23.5 Å². The maximum Gasteiger partial charge on any atom is 0.238 e. The summed E-state index contributed by atoms with van der Waals surface area (Å²) in [6.45, 7) is 0.218. The molecule has 0 saturated heterocycles. The van der Waals surface area contributed by atoms with Crippen LogP contribution in [-0.2, 0) is 9.59 Å². The number of fused-ring (bicyclic) bond motifs is 1. The Kier molecular flexibility index (Phi) is 5.33. The second-order valence-electron chi connectivity index (χ2n) is 5.84. The van der Waals surface area contributed by atoms with Gasteiger partial charge in [0.1, 0.15) is 5.82 Å². The molecule has 136 valence electrons. The second-order valence-corrected chi connectivity index (χ2v) is 5.84. The van der Waals surface area contributed by atoms with Gasteiger partial charge in [0.2, 0.25) is 18.6 Å². The molecule has 2 amide bonds. The van der Waals surface area contributed by atoms with Crippen molar-refractivity contribution in [1.82, 2.24) is 4.90 Å². The van der Waals surface area contributed by atoms with Crippen molar-refractivity contribution in [1.29, 1.82) is 0 Å². The molecule has 0 radical (unpaired) electrons. The van der Waals surface area contributed by atoms with Gasteiger partial charge in [0.15, 0.2) is 11.5 Å². The van der Waals surface area contributed by atoms with Gasteiger partial charge in [0, 0.05) is 17.4 Å². The molecule has 3 rings (SSSR count). The first-order valence-electron chi connectivity index (χ1n) is 7.93. The molecule has 0 aliphatic carbocycles. The number of carbonyl (C=O) groups is 2. The predicted octanol–water partition coefficient (Wildman–Crippen LogP) is 2.06. The summed E-state index contributed by atoms with van der Waals surface area (Å²) < 4.78 is 23.3. The van der Waals surface area contributed by atoms with Crippen LogP contribution < -0.4 is 20.1 Å². The van der Waals surface area contributed by atoms with E-state index < -0.39 is 0 Å². The molecule has 8 heteroatoms. The van der Waals surface area contributed by atoms with Crippen LogP contribution in [0.25, 0.3) is 0 Å². The van der Waals surface area contributed by atoms with Crippen molar-refractivity contribution >= 4 is 23.2 Å². The molecular weight excluding hydrogens is 341 g/mol. The Bertz CT molecular complexity index is 811. The highest BCUT2D eigenvalue weighted by Crippen LogP contribution is 2.34. The number of anilines is 2. The van der Waals surface area contributed by atoms with Gasteiger partial charge in [-0.05, 0) is 43.4 Å². The van der Waals surface area contributed by atoms with Gasteiger partial charge in [0.25, 0.3) is 0 Å². The summed E-state index contributed by atoms with van der Waals surface area (Å²) in [5.41, 5.74) is 1.08. The highest BCUT2D eigenvalue weighted by Gasteiger charge is 2.15. The summed E-state index contributed by atoms with van der Waals surface area (Å²) in [5.74, 6) is 0.281. The summed E-state index contributed by atoms with van der Waals surface area (Å²) in [6.07, 6.45) is 0. The maximum absolute atomic E-state index is 12.8. The summed E-state index contributed by atoms with van der Waals surface area (Å²) in [5, 5.41) is 5.38. The lowest BCUT2D eigenvalue weighted by molar-refractivity contribution is -0.119. The number of rotatable bonds is 6. The molecule has 2 N–H and O–H groups in total. The minimum Gasteiger partial charge on any atom is -0.454 e. The Hall–Kier alpha value is -3.13. The maximum atomic E-state index is 12.8. The van der Waals surface area contributed by atoms with Crippen molar-refractivity contribution in [3.8, 4) is 11.5 Å². The van der Waals surface area contributed by atoms with Crippen LogP contribution in [-0.4, -0.2) is 43.6 Å². The monoisotopic (exact) mass is 359 g/mol. The van der Waals surface area contributed by atoms with Crippen LogP contribution >= 0.6 is 0 Å². The van der Waals surface area contributed by atoms with Gasteiger partial charge >= 0.3 is 0 Å². The molecule has 0 unspecified atom stereocenters. The predicted molar refractivity (Wildman–Crippen MR) is 93.7 cm³/mol. The van der Waals surface area contributed by atoms with E-state index in [-0.39, 0.29) is 37.5 Å². The van der Waals surface area contributed by atoms with Gasteiger partial charge in [-0.3, -0.25) is 14.5 Å². The minimum atomic E-state index is -0.375. The fourth-order valence-corrected chi connectivity index (χ4v) is 2.45. The largest absolute Gasteiger partial charge is 0.454 e.